The van der Waals surface area contributed by atoms with Crippen LogP contribution in [0, 0.1) is 0 Å². The number of likely N-dealkylation sites (N-methyl/N-ethyl adjacent to an activating group) is 1. The Balaban J connectivity index is 1.49. The minimum Gasteiger partial charge on any atom is -0.480 e. The number of guanidine groups is 1. The maximum Gasteiger partial charge on any atom is 0.263 e. The van der Waals surface area contributed by atoms with Crippen LogP contribution in [-0.4, -0.2) is 53.3 Å². The van der Waals surface area contributed by atoms with E-state index in [0.717, 1.165) is 42.5 Å². The predicted molar refractivity (Wildman–Crippen MR) is 153 cm³/mol. The molecule has 3 unspecified atom stereocenters. The molecule has 3 aliphatic rings. The van der Waals surface area contributed by atoms with Crippen molar-refractivity contribution < 1.29 is 14.3 Å². The molecule has 0 spiro atoms. The first-order valence-corrected chi connectivity index (χ1v) is 13.9. The second-order valence-electron chi connectivity index (χ2n) is 11.1. The molecular weight excluding hydrogens is 490 g/mol. The van der Waals surface area contributed by atoms with Crippen molar-refractivity contribution in [1.29, 1.82) is 0 Å². The molecule has 0 saturated carbocycles. The number of rotatable bonds is 7. The van der Waals surface area contributed by atoms with Crippen LogP contribution in [0.5, 0.6) is 5.75 Å². The van der Waals surface area contributed by atoms with Crippen LogP contribution in [0.4, 0.5) is 0 Å². The van der Waals surface area contributed by atoms with Crippen LogP contribution in [0.2, 0.25) is 0 Å². The van der Waals surface area contributed by atoms with E-state index < -0.39 is 17.7 Å². The first kappa shape index (κ1) is 26.8. The lowest BCUT2D eigenvalue weighted by Gasteiger charge is -2.43. The molecule has 8 heteroatoms. The Bertz CT molecular complexity index is 1330. The van der Waals surface area contributed by atoms with Crippen LogP contribution in [0.25, 0.3) is 5.70 Å². The topological polar surface area (TPSA) is 100 Å². The molecule has 5 rings (SSSR count). The Morgan fingerprint density at radius 1 is 1.21 bits per heavy atom. The average Bonchev–Trinajstić information content (AvgIpc) is 3.34. The number of aryl methyl sites for hydroxylation is 1. The predicted octanol–water partition coefficient (Wildman–Crippen LogP) is 4.32. The van der Waals surface area contributed by atoms with E-state index in [1.54, 1.807) is 19.0 Å². The maximum absolute atomic E-state index is 13.6. The number of benzene rings is 2. The van der Waals surface area contributed by atoms with Crippen molar-refractivity contribution in [1.82, 2.24) is 15.1 Å². The van der Waals surface area contributed by atoms with Crippen LogP contribution >= 0.6 is 0 Å². The number of nitrogens with zero attached hydrogens (tertiary/aromatic N) is 3. The summed E-state index contributed by atoms with van der Waals surface area (Å²) in [5, 5.41) is 3.61. The normalized spacial score (nSPS) is 23.3. The third-order valence-electron chi connectivity index (χ3n) is 8.60. The fraction of sp³-hybridized carbons (Fsp3) is 0.452. The highest BCUT2D eigenvalue weighted by Gasteiger charge is 2.44. The van der Waals surface area contributed by atoms with Crippen molar-refractivity contribution in [2.75, 3.05) is 14.1 Å². The molecule has 0 fully saturated rings. The number of nitrogens with one attached hydrogen (secondary N) is 1. The number of carbonyl (C=O) groups is 2. The maximum atomic E-state index is 13.6. The molecule has 1 aliphatic carbocycles. The molecule has 0 saturated heterocycles. The van der Waals surface area contributed by atoms with Gasteiger partial charge in [-0.3, -0.25) is 14.5 Å². The zero-order chi connectivity index (χ0) is 27.9. The number of aliphatic imine (C=N–C) groups is 1. The Morgan fingerprint density at radius 2 is 1.95 bits per heavy atom. The second kappa shape index (κ2) is 10.4. The summed E-state index contributed by atoms with van der Waals surface area (Å²) in [6.45, 7) is 8.41. The van der Waals surface area contributed by atoms with Gasteiger partial charge in [0, 0.05) is 31.8 Å². The lowest BCUT2D eigenvalue weighted by molar-refractivity contribution is -0.140. The highest BCUT2D eigenvalue weighted by molar-refractivity contribution is 6.00. The number of carbonyl (C=O) groups excluding carboxylic acids is 2. The van der Waals surface area contributed by atoms with E-state index in [0.29, 0.717) is 5.75 Å². The summed E-state index contributed by atoms with van der Waals surface area (Å²) in [7, 11) is 3.41. The van der Waals surface area contributed by atoms with Gasteiger partial charge in [-0.15, -0.1) is 0 Å². The summed E-state index contributed by atoms with van der Waals surface area (Å²) < 4.78 is 6.18. The van der Waals surface area contributed by atoms with Gasteiger partial charge in [0.25, 0.3) is 5.91 Å². The molecule has 0 bridgehead atoms. The van der Waals surface area contributed by atoms with Crippen LogP contribution < -0.4 is 15.8 Å². The molecular formula is C31H39N5O3. The van der Waals surface area contributed by atoms with Gasteiger partial charge in [0.2, 0.25) is 5.91 Å². The Morgan fingerprint density at radius 3 is 2.64 bits per heavy atom. The number of hydrogen-bond donors (Lipinski definition) is 2. The zero-order valence-electron chi connectivity index (χ0n) is 23.4. The highest BCUT2D eigenvalue weighted by Crippen LogP contribution is 2.43. The van der Waals surface area contributed by atoms with Crippen LogP contribution in [-0.2, 0) is 16.0 Å². The number of ether oxygens (including phenoxy) is 1. The van der Waals surface area contributed by atoms with Crippen LogP contribution in [0.15, 0.2) is 54.0 Å². The molecule has 8 nitrogen and oxygen atoms in total. The molecule has 3 N–H and O–H groups in total. The quantitative estimate of drug-likeness (QED) is 0.557. The van der Waals surface area contributed by atoms with E-state index >= 15 is 0 Å². The van der Waals surface area contributed by atoms with Crippen molar-refractivity contribution >= 4 is 23.5 Å². The standard InChI is InChI=1S/C31H39N5O3/c1-6-31(7-2)18-28(37)36(30(32)34-31)25-17-27(29(38)35(4)5)39-26-15-13-21(16-23(25)26)19(3)33-24-14-12-20-10-8-9-11-22(20)24/h8-11,13,15-16,24-25,27,33H,3,6-7,12,14,17-18H2,1-2,4-5H3,(H2,32,34). The molecule has 206 valence electrons. The van der Waals surface area contributed by atoms with Crippen molar-refractivity contribution in [2.45, 2.75) is 76.1 Å². The number of nitrogens with two attached hydrogens (primary N) is 1. The summed E-state index contributed by atoms with van der Waals surface area (Å²) in [5.74, 6) is 0.536. The van der Waals surface area contributed by atoms with Crippen molar-refractivity contribution in [3.63, 3.8) is 0 Å². The minimum absolute atomic E-state index is 0.0787. The fourth-order valence-electron chi connectivity index (χ4n) is 6.14. The lowest BCUT2D eigenvalue weighted by Crippen LogP contribution is -2.54. The summed E-state index contributed by atoms with van der Waals surface area (Å²) in [6.07, 6.45) is 3.35. The van der Waals surface area contributed by atoms with Gasteiger partial charge in [0.15, 0.2) is 12.1 Å². The van der Waals surface area contributed by atoms with Gasteiger partial charge >= 0.3 is 0 Å². The Labute approximate surface area is 230 Å². The van der Waals surface area contributed by atoms with Gasteiger partial charge in [-0.25, -0.2) is 4.99 Å². The summed E-state index contributed by atoms with van der Waals surface area (Å²) in [4.78, 5) is 34.5. The molecule has 2 aromatic carbocycles. The van der Waals surface area contributed by atoms with Gasteiger partial charge < -0.3 is 20.7 Å². The monoisotopic (exact) mass is 529 g/mol. The number of hydrogen-bond acceptors (Lipinski definition) is 6. The second-order valence-corrected chi connectivity index (χ2v) is 11.1. The van der Waals surface area contributed by atoms with Gasteiger partial charge in [0.1, 0.15) is 5.75 Å². The average molecular weight is 530 g/mol. The van der Waals surface area contributed by atoms with Gasteiger partial charge in [-0.05, 0) is 60.6 Å². The lowest BCUT2D eigenvalue weighted by atomic mass is 9.86. The highest BCUT2D eigenvalue weighted by atomic mass is 16.5. The van der Waals surface area contributed by atoms with E-state index in [9.17, 15) is 9.59 Å². The molecule has 2 heterocycles. The van der Waals surface area contributed by atoms with Crippen molar-refractivity contribution in [3.8, 4) is 5.75 Å². The molecule has 39 heavy (non-hydrogen) atoms. The Hall–Kier alpha value is -3.81. The molecule has 3 atom stereocenters. The molecule has 2 aromatic rings. The first-order chi connectivity index (χ1) is 18.7. The van der Waals surface area contributed by atoms with Crippen LogP contribution in [0.1, 0.15) is 80.3 Å². The largest absolute Gasteiger partial charge is 0.480 e. The first-order valence-electron chi connectivity index (χ1n) is 13.9. The molecule has 2 amide bonds. The van der Waals surface area contributed by atoms with E-state index in [2.05, 4.69) is 36.2 Å². The Kier molecular flexibility index (Phi) is 7.14. The summed E-state index contributed by atoms with van der Waals surface area (Å²) in [6, 6.07) is 14.0. The fourth-order valence-corrected chi connectivity index (χ4v) is 6.14. The zero-order valence-corrected chi connectivity index (χ0v) is 23.4. The number of amides is 2. The SMILES string of the molecule is C=C(NC1CCc2ccccc21)c1ccc2c(c1)C(N1C(=O)CC(CC)(CC)N=C1N)CC(C(=O)N(C)C)O2. The third kappa shape index (κ3) is 4.88. The van der Waals surface area contributed by atoms with E-state index in [1.807, 2.05) is 32.0 Å². The minimum atomic E-state index is -0.732. The van der Waals surface area contributed by atoms with Gasteiger partial charge in [0.05, 0.1) is 24.0 Å². The van der Waals surface area contributed by atoms with Crippen molar-refractivity contribution in [2.24, 2.45) is 10.7 Å². The van der Waals surface area contributed by atoms with Gasteiger partial charge in [-0.2, -0.15) is 0 Å². The molecule has 2 aliphatic heterocycles. The van der Waals surface area contributed by atoms with Crippen LogP contribution in [0.3, 0.4) is 0 Å². The summed E-state index contributed by atoms with van der Waals surface area (Å²) in [5.41, 5.74) is 11.2. The molecule has 0 radical (unpaired) electrons. The van der Waals surface area contributed by atoms with E-state index in [4.69, 9.17) is 15.5 Å². The smallest absolute Gasteiger partial charge is 0.263 e. The van der Waals surface area contributed by atoms with Gasteiger partial charge in [-0.1, -0.05) is 44.7 Å². The number of fused-ring (bicyclic) bond motifs is 2. The van der Waals surface area contributed by atoms with E-state index in [1.165, 1.54) is 16.0 Å². The van der Waals surface area contributed by atoms with Crippen molar-refractivity contribution in [3.05, 3.63) is 71.3 Å². The third-order valence-corrected chi connectivity index (χ3v) is 8.60. The molecule has 0 aromatic heterocycles. The van der Waals surface area contributed by atoms with E-state index in [-0.39, 0.29) is 36.7 Å². The summed E-state index contributed by atoms with van der Waals surface area (Å²) >= 11 is 0.